The molecule has 30 heavy (non-hydrogen) atoms. The van der Waals surface area contributed by atoms with Gasteiger partial charge in [-0.3, -0.25) is 9.79 Å². The zero-order valence-corrected chi connectivity index (χ0v) is 15.8. The van der Waals surface area contributed by atoms with Crippen molar-refractivity contribution in [3.8, 4) is 5.75 Å². The highest BCUT2D eigenvalue weighted by Crippen LogP contribution is 2.32. The molecule has 0 saturated carbocycles. The Morgan fingerprint density at radius 2 is 2.13 bits per heavy atom. The molecule has 11 heteroatoms. The van der Waals surface area contributed by atoms with Crippen LogP contribution < -0.4 is 15.8 Å². The first-order valence-electron chi connectivity index (χ1n) is 8.75. The van der Waals surface area contributed by atoms with Crippen molar-refractivity contribution in [2.45, 2.75) is 18.6 Å². The van der Waals surface area contributed by atoms with Gasteiger partial charge in [0.2, 0.25) is 0 Å². The van der Waals surface area contributed by atoms with Gasteiger partial charge < -0.3 is 20.5 Å². The van der Waals surface area contributed by atoms with Crippen LogP contribution in [0, 0.1) is 5.82 Å². The highest BCUT2D eigenvalue weighted by Gasteiger charge is 2.33. The van der Waals surface area contributed by atoms with Crippen LogP contribution in [0.1, 0.15) is 23.0 Å². The molecule has 0 spiro atoms. The lowest BCUT2D eigenvalue weighted by molar-refractivity contribution is -0.153. The number of aliphatic imine (C=N–C) groups is 1. The molecule has 160 valence electrons. The first-order valence-corrected chi connectivity index (χ1v) is 8.75. The third kappa shape index (κ3) is 5.03. The zero-order valence-electron chi connectivity index (χ0n) is 15.8. The Kier molecular flexibility index (Phi) is 5.92. The van der Waals surface area contributed by atoms with E-state index >= 15 is 0 Å². The number of hydrogen-bond acceptors (Lipinski definition) is 6. The number of hydrogen-bond donors (Lipinski definition) is 2. The molecule has 1 aromatic heterocycles. The van der Waals surface area contributed by atoms with Crippen molar-refractivity contribution in [2.24, 2.45) is 10.7 Å². The maximum atomic E-state index is 14.4. The third-order valence-electron chi connectivity index (χ3n) is 4.21. The summed E-state index contributed by atoms with van der Waals surface area (Å²) in [5.74, 6) is -1.53. The van der Waals surface area contributed by atoms with Crippen LogP contribution in [0.5, 0.6) is 5.75 Å². The quantitative estimate of drug-likeness (QED) is 0.717. The van der Waals surface area contributed by atoms with Crippen LogP contribution in [-0.4, -0.2) is 42.7 Å². The number of alkyl halides is 3. The largest absolute Gasteiger partial charge is 0.482 e. The minimum absolute atomic E-state index is 0.0810. The Hall–Kier alpha value is -3.21. The molecule has 1 aliphatic rings. The first kappa shape index (κ1) is 21.5. The maximum Gasteiger partial charge on any atom is 0.422 e. The van der Waals surface area contributed by atoms with Crippen molar-refractivity contribution in [1.82, 2.24) is 4.98 Å². The minimum atomic E-state index is -4.57. The van der Waals surface area contributed by atoms with E-state index in [0.29, 0.717) is 0 Å². The second kappa shape index (κ2) is 8.27. The Labute approximate surface area is 168 Å². The lowest BCUT2D eigenvalue weighted by Gasteiger charge is -2.30. The number of amides is 1. The molecule has 0 bridgehead atoms. The number of halogens is 4. The molecule has 1 aromatic carbocycles. The number of carbonyl (C=O) groups is 1. The van der Waals surface area contributed by atoms with Crippen molar-refractivity contribution >= 4 is 17.4 Å². The number of rotatable bonds is 5. The second-order valence-electron chi connectivity index (χ2n) is 6.77. The van der Waals surface area contributed by atoms with E-state index in [0.717, 1.165) is 6.07 Å². The van der Waals surface area contributed by atoms with Gasteiger partial charge in [-0.2, -0.15) is 13.2 Å². The van der Waals surface area contributed by atoms with E-state index in [-0.39, 0.29) is 41.7 Å². The number of nitrogens with two attached hydrogens (primary N) is 1. The summed E-state index contributed by atoms with van der Waals surface area (Å²) in [4.78, 5) is 20.6. The van der Waals surface area contributed by atoms with Gasteiger partial charge in [0.25, 0.3) is 5.91 Å². The Bertz CT molecular complexity index is 980. The number of nitrogens with zero attached hydrogens (tertiary/aromatic N) is 2. The molecule has 1 aliphatic heterocycles. The molecule has 2 aromatic rings. The van der Waals surface area contributed by atoms with E-state index in [9.17, 15) is 22.4 Å². The third-order valence-corrected chi connectivity index (χ3v) is 4.21. The standard InChI is InChI=1S/C19H18F4N4O3/c1-18(9-29-8-15(24)27-18)12-7-11(4-5-13(12)20)26-17(28)16-14(3-2-6-25-16)30-10-19(21,22)23/h2-7H,8-10H2,1H3,(H2,24,27)(H,26,28)/t18-/m0/s1. The SMILES string of the molecule is C[C@@]1(c2cc(NC(=O)c3ncccc3OCC(F)(F)F)ccc2F)COCC(N)=N1. The molecule has 3 N–H and O–H groups in total. The number of anilines is 1. The molecule has 0 aliphatic carbocycles. The van der Waals surface area contributed by atoms with E-state index in [4.69, 9.17) is 10.5 Å². The van der Waals surface area contributed by atoms with Gasteiger partial charge in [-0.15, -0.1) is 0 Å². The van der Waals surface area contributed by atoms with Crippen molar-refractivity contribution in [1.29, 1.82) is 0 Å². The van der Waals surface area contributed by atoms with Crippen LogP contribution >= 0.6 is 0 Å². The van der Waals surface area contributed by atoms with Gasteiger partial charge in [0.05, 0.1) is 6.61 Å². The Morgan fingerprint density at radius 1 is 1.37 bits per heavy atom. The molecule has 2 heterocycles. The van der Waals surface area contributed by atoms with Crippen molar-refractivity contribution in [3.63, 3.8) is 0 Å². The van der Waals surface area contributed by atoms with E-state index in [1.54, 1.807) is 6.92 Å². The van der Waals surface area contributed by atoms with Gasteiger partial charge in [0, 0.05) is 17.4 Å². The lowest BCUT2D eigenvalue weighted by atomic mass is 9.92. The first-order chi connectivity index (χ1) is 14.1. The predicted octanol–water partition coefficient (Wildman–Crippen LogP) is 3.02. The van der Waals surface area contributed by atoms with Gasteiger partial charge in [-0.05, 0) is 37.3 Å². The molecule has 0 radical (unpaired) electrons. The fraction of sp³-hybridized carbons (Fsp3) is 0.316. The van der Waals surface area contributed by atoms with Crippen LogP contribution in [-0.2, 0) is 10.3 Å². The Morgan fingerprint density at radius 3 is 2.83 bits per heavy atom. The zero-order chi connectivity index (χ0) is 21.9. The van der Waals surface area contributed by atoms with Crippen LogP contribution in [0.2, 0.25) is 0 Å². The maximum absolute atomic E-state index is 14.4. The summed E-state index contributed by atoms with van der Waals surface area (Å²) >= 11 is 0. The van der Waals surface area contributed by atoms with Crippen molar-refractivity contribution in [3.05, 3.63) is 53.6 Å². The molecule has 3 rings (SSSR count). The summed E-state index contributed by atoms with van der Waals surface area (Å²) < 4.78 is 61.8. The molecule has 0 saturated heterocycles. The van der Waals surface area contributed by atoms with Crippen LogP contribution in [0.3, 0.4) is 0 Å². The molecule has 0 fully saturated rings. The summed E-state index contributed by atoms with van der Waals surface area (Å²) in [6, 6.07) is 6.33. The topological polar surface area (TPSA) is 98.8 Å². The molecule has 1 amide bonds. The Balaban J connectivity index is 1.84. The minimum Gasteiger partial charge on any atom is -0.482 e. The highest BCUT2D eigenvalue weighted by molar-refractivity contribution is 6.04. The average molecular weight is 426 g/mol. The number of benzene rings is 1. The van der Waals surface area contributed by atoms with Gasteiger partial charge in [-0.1, -0.05) is 0 Å². The molecule has 7 nitrogen and oxygen atoms in total. The summed E-state index contributed by atoms with van der Waals surface area (Å²) in [7, 11) is 0. The van der Waals surface area contributed by atoms with Gasteiger partial charge in [0.1, 0.15) is 23.8 Å². The fourth-order valence-corrected chi connectivity index (χ4v) is 2.92. The fourth-order valence-electron chi connectivity index (χ4n) is 2.92. The second-order valence-corrected chi connectivity index (χ2v) is 6.77. The molecule has 1 atom stereocenters. The number of amidine groups is 1. The summed E-state index contributed by atoms with van der Waals surface area (Å²) in [5.41, 5.74) is 4.58. The summed E-state index contributed by atoms with van der Waals surface area (Å²) in [5, 5.41) is 2.48. The van der Waals surface area contributed by atoms with Crippen molar-refractivity contribution in [2.75, 3.05) is 25.1 Å². The summed E-state index contributed by atoms with van der Waals surface area (Å²) in [6.07, 6.45) is -3.33. The molecule has 0 unspecified atom stereocenters. The molecular formula is C19H18F4N4O3. The number of aromatic nitrogens is 1. The predicted molar refractivity (Wildman–Crippen MR) is 99.9 cm³/mol. The van der Waals surface area contributed by atoms with Gasteiger partial charge in [0.15, 0.2) is 18.1 Å². The summed E-state index contributed by atoms with van der Waals surface area (Å²) in [6.45, 7) is 0.272. The van der Waals surface area contributed by atoms with E-state index < -0.39 is 30.0 Å². The normalized spacial score (nSPS) is 19.2. The average Bonchev–Trinajstić information content (AvgIpc) is 2.67. The lowest BCUT2D eigenvalue weighted by Crippen LogP contribution is -2.38. The molecular weight excluding hydrogens is 408 g/mol. The number of ether oxygens (including phenoxy) is 2. The highest BCUT2D eigenvalue weighted by atomic mass is 19.4. The van der Waals surface area contributed by atoms with Crippen LogP contribution in [0.15, 0.2) is 41.5 Å². The van der Waals surface area contributed by atoms with Crippen LogP contribution in [0.25, 0.3) is 0 Å². The van der Waals surface area contributed by atoms with Gasteiger partial charge in [-0.25, -0.2) is 9.37 Å². The van der Waals surface area contributed by atoms with E-state index in [1.807, 2.05) is 0 Å². The van der Waals surface area contributed by atoms with E-state index in [1.165, 1.54) is 30.5 Å². The monoisotopic (exact) mass is 426 g/mol. The number of nitrogens with one attached hydrogen (secondary N) is 1. The number of pyridine rings is 1. The van der Waals surface area contributed by atoms with Crippen molar-refractivity contribution < 1.29 is 31.8 Å². The smallest absolute Gasteiger partial charge is 0.422 e. The number of carbonyl (C=O) groups excluding carboxylic acids is 1. The van der Waals surface area contributed by atoms with E-state index in [2.05, 4.69) is 20.0 Å². The van der Waals surface area contributed by atoms with Gasteiger partial charge >= 0.3 is 6.18 Å². The van der Waals surface area contributed by atoms with Crippen LogP contribution in [0.4, 0.5) is 23.2 Å².